The minimum atomic E-state index is -3.12. The molecular weight excluding hydrogens is 366 g/mol. The lowest BCUT2D eigenvalue weighted by Crippen LogP contribution is -2.47. The molecule has 9 nitrogen and oxygen atoms in total. The first kappa shape index (κ1) is 20.5. The molecule has 27 heavy (non-hydrogen) atoms. The molecule has 1 atom stereocenters. The van der Waals surface area contributed by atoms with Crippen LogP contribution in [0.1, 0.15) is 6.92 Å². The Labute approximate surface area is 153 Å². The summed E-state index contributed by atoms with van der Waals surface area (Å²) in [6.45, 7) is -1.76. The second-order valence-electron chi connectivity index (χ2n) is 5.64. The number of nitrogens with two attached hydrogens (primary N) is 1. The minimum absolute atomic E-state index is 0.138. The number of alkyl halides is 2. The molecule has 0 aromatic heterocycles. The zero-order valence-electron chi connectivity index (χ0n) is 14.5. The van der Waals surface area contributed by atoms with Crippen molar-refractivity contribution in [2.75, 3.05) is 36.5 Å². The van der Waals surface area contributed by atoms with Gasteiger partial charge in [0, 0.05) is 31.8 Å². The molecule has 0 aliphatic carbocycles. The van der Waals surface area contributed by atoms with E-state index in [9.17, 15) is 23.2 Å². The molecule has 1 heterocycles. The second kappa shape index (κ2) is 9.24. The SMILES string of the molecule is CC(=O)N[C@@H](CN)C(=O)Nc1ccc(N2CCOCC2=O)c(OC(F)F)c1. The summed E-state index contributed by atoms with van der Waals surface area (Å²) in [5.41, 5.74) is 5.73. The largest absolute Gasteiger partial charge is 0.433 e. The van der Waals surface area contributed by atoms with Crippen LogP contribution in [0.15, 0.2) is 18.2 Å². The number of amides is 3. The topological polar surface area (TPSA) is 123 Å². The Balaban J connectivity index is 2.24. The van der Waals surface area contributed by atoms with Gasteiger partial charge in [-0.05, 0) is 12.1 Å². The third kappa shape index (κ3) is 5.59. The first-order valence-electron chi connectivity index (χ1n) is 8.06. The van der Waals surface area contributed by atoms with Crippen LogP contribution in [0.25, 0.3) is 0 Å². The van der Waals surface area contributed by atoms with Gasteiger partial charge in [-0.1, -0.05) is 0 Å². The summed E-state index contributed by atoms with van der Waals surface area (Å²) < 4.78 is 35.1. The molecule has 1 aliphatic heterocycles. The summed E-state index contributed by atoms with van der Waals surface area (Å²) >= 11 is 0. The van der Waals surface area contributed by atoms with Crippen LogP contribution >= 0.6 is 0 Å². The van der Waals surface area contributed by atoms with E-state index in [0.717, 1.165) is 0 Å². The fourth-order valence-corrected chi connectivity index (χ4v) is 2.48. The average Bonchev–Trinajstić information content (AvgIpc) is 2.60. The van der Waals surface area contributed by atoms with Crippen molar-refractivity contribution in [3.8, 4) is 5.75 Å². The molecule has 1 aliphatic rings. The number of nitrogens with one attached hydrogen (secondary N) is 2. The standard InChI is InChI=1S/C16H20F2N4O5/c1-9(23)20-11(7-19)15(25)21-10-2-3-12(13(6-10)27-16(17)18)22-4-5-26-8-14(22)24/h2-3,6,11,16H,4-5,7-8,19H2,1H3,(H,20,23)(H,21,25)/t11-/m0/s1. The molecule has 1 aromatic carbocycles. The molecule has 1 aromatic rings. The maximum absolute atomic E-state index is 12.8. The smallest absolute Gasteiger partial charge is 0.387 e. The van der Waals surface area contributed by atoms with E-state index in [1.54, 1.807) is 0 Å². The van der Waals surface area contributed by atoms with Crippen LogP contribution in [-0.2, 0) is 19.1 Å². The van der Waals surface area contributed by atoms with E-state index < -0.39 is 30.4 Å². The Morgan fingerprint density at radius 1 is 1.41 bits per heavy atom. The molecule has 0 saturated carbocycles. The number of halogens is 2. The summed E-state index contributed by atoms with van der Waals surface area (Å²) in [7, 11) is 0. The van der Waals surface area contributed by atoms with Crippen LogP contribution in [0.5, 0.6) is 5.75 Å². The quantitative estimate of drug-likeness (QED) is 0.609. The van der Waals surface area contributed by atoms with Crippen molar-refractivity contribution in [2.45, 2.75) is 19.6 Å². The molecule has 148 valence electrons. The number of carbonyl (C=O) groups excluding carboxylic acids is 3. The lowest BCUT2D eigenvalue weighted by molar-refractivity contribution is -0.125. The van der Waals surface area contributed by atoms with E-state index in [-0.39, 0.29) is 43.4 Å². The molecule has 1 fully saturated rings. The summed E-state index contributed by atoms with van der Waals surface area (Å²) in [5.74, 6) is -1.73. The average molecular weight is 386 g/mol. The third-order valence-corrected chi connectivity index (χ3v) is 3.65. The van der Waals surface area contributed by atoms with Crippen molar-refractivity contribution in [1.82, 2.24) is 5.32 Å². The Morgan fingerprint density at radius 2 is 2.15 bits per heavy atom. The highest BCUT2D eigenvalue weighted by Crippen LogP contribution is 2.33. The highest BCUT2D eigenvalue weighted by atomic mass is 19.3. The fourth-order valence-electron chi connectivity index (χ4n) is 2.48. The lowest BCUT2D eigenvalue weighted by Gasteiger charge is -2.28. The van der Waals surface area contributed by atoms with Gasteiger partial charge in [0.25, 0.3) is 5.91 Å². The third-order valence-electron chi connectivity index (χ3n) is 3.65. The van der Waals surface area contributed by atoms with Crippen molar-refractivity contribution < 1.29 is 32.6 Å². The molecule has 1 saturated heterocycles. The van der Waals surface area contributed by atoms with Gasteiger partial charge in [-0.15, -0.1) is 0 Å². The highest BCUT2D eigenvalue weighted by molar-refractivity contribution is 5.99. The number of hydrogen-bond acceptors (Lipinski definition) is 6. The van der Waals surface area contributed by atoms with Crippen LogP contribution in [0.2, 0.25) is 0 Å². The first-order valence-corrected chi connectivity index (χ1v) is 8.06. The van der Waals surface area contributed by atoms with Gasteiger partial charge in [0.15, 0.2) is 5.75 Å². The number of anilines is 2. The van der Waals surface area contributed by atoms with Gasteiger partial charge in [0.1, 0.15) is 12.6 Å². The monoisotopic (exact) mass is 386 g/mol. The number of hydrogen-bond donors (Lipinski definition) is 3. The maximum atomic E-state index is 12.8. The molecule has 0 unspecified atom stereocenters. The van der Waals surface area contributed by atoms with Crippen LogP contribution in [0.4, 0.5) is 20.2 Å². The van der Waals surface area contributed by atoms with Gasteiger partial charge >= 0.3 is 6.61 Å². The number of carbonyl (C=O) groups is 3. The van der Waals surface area contributed by atoms with Gasteiger partial charge < -0.3 is 30.7 Å². The first-order chi connectivity index (χ1) is 12.8. The normalized spacial score (nSPS) is 15.4. The molecule has 2 rings (SSSR count). The van der Waals surface area contributed by atoms with E-state index in [4.69, 9.17) is 10.5 Å². The van der Waals surface area contributed by atoms with Crippen molar-refractivity contribution in [3.63, 3.8) is 0 Å². The predicted molar refractivity (Wildman–Crippen MR) is 91.5 cm³/mol. The van der Waals surface area contributed by atoms with Gasteiger partial charge in [-0.3, -0.25) is 14.4 Å². The summed E-state index contributed by atoms with van der Waals surface area (Å²) in [5, 5.41) is 4.84. The van der Waals surface area contributed by atoms with E-state index in [0.29, 0.717) is 0 Å². The molecule has 0 bridgehead atoms. The van der Waals surface area contributed by atoms with Crippen LogP contribution in [0, 0.1) is 0 Å². The van der Waals surface area contributed by atoms with Gasteiger partial charge in [0.05, 0.1) is 12.3 Å². The zero-order valence-corrected chi connectivity index (χ0v) is 14.5. The lowest BCUT2D eigenvalue weighted by atomic mass is 10.2. The van der Waals surface area contributed by atoms with E-state index in [2.05, 4.69) is 15.4 Å². The molecule has 11 heteroatoms. The van der Waals surface area contributed by atoms with Crippen LogP contribution in [-0.4, -0.2) is 56.7 Å². The Hall–Kier alpha value is -2.79. The highest BCUT2D eigenvalue weighted by Gasteiger charge is 2.25. The Morgan fingerprint density at radius 3 is 2.74 bits per heavy atom. The van der Waals surface area contributed by atoms with Crippen LogP contribution in [0.3, 0.4) is 0 Å². The molecule has 0 radical (unpaired) electrons. The summed E-state index contributed by atoms with van der Waals surface area (Å²) in [6, 6.07) is 2.99. The van der Waals surface area contributed by atoms with Gasteiger partial charge in [-0.25, -0.2) is 0 Å². The van der Waals surface area contributed by atoms with E-state index in [1.807, 2.05) is 0 Å². The summed E-state index contributed by atoms with van der Waals surface area (Å²) in [6.07, 6.45) is 0. The van der Waals surface area contributed by atoms with Crippen molar-refractivity contribution in [2.24, 2.45) is 5.73 Å². The number of benzene rings is 1. The van der Waals surface area contributed by atoms with Crippen molar-refractivity contribution in [3.05, 3.63) is 18.2 Å². The Bertz CT molecular complexity index is 716. The van der Waals surface area contributed by atoms with Crippen LogP contribution < -0.4 is 26.0 Å². The minimum Gasteiger partial charge on any atom is -0.433 e. The predicted octanol–water partition coefficient (Wildman–Crippen LogP) is 0.0531. The van der Waals surface area contributed by atoms with E-state index >= 15 is 0 Å². The molecule has 0 spiro atoms. The Kier molecular flexibility index (Phi) is 7.02. The van der Waals surface area contributed by atoms with Gasteiger partial charge in [0.2, 0.25) is 11.8 Å². The van der Waals surface area contributed by atoms with Crippen molar-refractivity contribution >= 4 is 29.1 Å². The maximum Gasteiger partial charge on any atom is 0.387 e. The van der Waals surface area contributed by atoms with E-state index in [1.165, 1.54) is 30.0 Å². The second-order valence-corrected chi connectivity index (χ2v) is 5.64. The van der Waals surface area contributed by atoms with Gasteiger partial charge in [-0.2, -0.15) is 8.78 Å². The number of nitrogens with zero attached hydrogens (tertiary/aromatic N) is 1. The number of rotatable bonds is 7. The zero-order chi connectivity index (χ0) is 20.0. The summed E-state index contributed by atoms with van der Waals surface area (Å²) in [4.78, 5) is 36.5. The molecule has 3 amide bonds. The molecular formula is C16H20F2N4O5. The number of ether oxygens (including phenoxy) is 2. The number of morpholine rings is 1. The molecule has 4 N–H and O–H groups in total. The van der Waals surface area contributed by atoms with Crippen molar-refractivity contribution in [1.29, 1.82) is 0 Å². The fraction of sp³-hybridized carbons (Fsp3) is 0.438.